The number of hydrogen-bond donors (Lipinski definition) is 0. The van der Waals surface area contributed by atoms with E-state index in [2.05, 4.69) is 11.8 Å². The lowest BCUT2D eigenvalue weighted by Gasteiger charge is -2.22. The van der Waals surface area contributed by atoms with Crippen LogP contribution >= 0.6 is 11.6 Å². The fourth-order valence-electron chi connectivity index (χ4n) is 1.35. The molecule has 0 saturated carbocycles. The van der Waals surface area contributed by atoms with Gasteiger partial charge in [-0.1, -0.05) is 5.92 Å². The normalized spacial score (nSPS) is 21.4. The average Bonchev–Trinajstić information content (AvgIpc) is 2.25. The zero-order valence-corrected chi connectivity index (χ0v) is 9.18. The Morgan fingerprint density at radius 3 is 3.00 bits per heavy atom. The third-order valence-corrected chi connectivity index (χ3v) is 2.21. The van der Waals surface area contributed by atoms with Gasteiger partial charge in [0.2, 0.25) is 0 Å². The van der Waals surface area contributed by atoms with E-state index in [1.165, 1.54) is 12.8 Å². The summed E-state index contributed by atoms with van der Waals surface area (Å²) in [4.78, 5) is 0. The fraction of sp³-hybridized carbons (Fsp3) is 0.818. The molecular weight excluding hydrogens is 200 g/mol. The second-order valence-electron chi connectivity index (χ2n) is 3.26. The van der Waals surface area contributed by atoms with Gasteiger partial charge in [0.15, 0.2) is 6.29 Å². The van der Waals surface area contributed by atoms with Crippen molar-refractivity contribution in [2.45, 2.75) is 38.4 Å². The van der Waals surface area contributed by atoms with E-state index in [0.29, 0.717) is 5.88 Å². The molecule has 14 heavy (non-hydrogen) atoms. The monoisotopic (exact) mass is 216 g/mol. The first kappa shape index (κ1) is 11.8. The molecule has 3 heteroatoms. The van der Waals surface area contributed by atoms with Crippen LogP contribution < -0.4 is 0 Å². The van der Waals surface area contributed by atoms with Crippen molar-refractivity contribution >= 4 is 11.6 Å². The third kappa shape index (κ3) is 5.49. The van der Waals surface area contributed by atoms with Crippen LogP contribution in [-0.4, -0.2) is 25.4 Å². The molecule has 0 spiro atoms. The zero-order valence-electron chi connectivity index (χ0n) is 8.43. The van der Waals surface area contributed by atoms with Crippen LogP contribution in [-0.2, 0) is 9.47 Å². The molecule has 1 fully saturated rings. The second-order valence-corrected chi connectivity index (χ2v) is 3.52. The standard InChI is InChI=1S/C11H17ClO2/c12-8-4-1-2-5-9-13-11-7-3-6-10-14-11/h11H,2-3,5-10H2. The predicted molar refractivity (Wildman–Crippen MR) is 57.3 cm³/mol. The zero-order chi connectivity index (χ0) is 10.1. The summed E-state index contributed by atoms with van der Waals surface area (Å²) in [5, 5.41) is 0. The first-order valence-corrected chi connectivity index (χ1v) is 5.72. The van der Waals surface area contributed by atoms with Crippen LogP contribution in [0.5, 0.6) is 0 Å². The highest BCUT2D eigenvalue weighted by molar-refractivity contribution is 6.19. The van der Waals surface area contributed by atoms with Gasteiger partial charge in [-0.15, -0.1) is 17.5 Å². The lowest BCUT2D eigenvalue weighted by molar-refractivity contribution is -0.162. The molecule has 0 N–H and O–H groups in total. The van der Waals surface area contributed by atoms with E-state index in [-0.39, 0.29) is 6.29 Å². The van der Waals surface area contributed by atoms with E-state index >= 15 is 0 Å². The Bertz CT molecular complexity index is 189. The molecule has 1 aliphatic rings. The van der Waals surface area contributed by atoms with Crippen molar-refractivity contribution in [2.24, 2.45) is 0 Å². The summed E-state index contributed by atoms with van der Waals surface area (Å²) < 4.78 is 11.0. The summed E-state index contributed by atoms with van der Waals surface area (Å²) in [7, 11) is 0. The third-order valence-electron chi connectivity index (χ3n) is 2.08. The largest absolute Gasteiger partial charge is 0.353 e. The molecule has 1 unspecified atom stereocenters. The minimum atomic E-state index is 0.0322. The van der Waals surface area contributed by atoms with Crippen LogP contribution in [0.2, 0.25) is 0 Å². The van der Waals surface area contributed by atoms with Gasteiger partial charge in [0, 0.05) is 13.0 Å². The number of rotatable bonds is 4. The summed E-state index contributed by atoms with van der Waals surface area (Å²) in [6.07, 6.45) is 5.28. The molecule has 0 bridgehead atoms. The van der Waals surface area contributed by atoms with Crippen molar-refractivity contribution in [3.05, 3.63) is 0 Å². The molecule has 1 heterocycles. The Balaban J connectivity index is 1.92. The van der Waals surface area contributed by atoms with Crippen LogP contribution in [0.25, 0.3) is 0 Å². The molecule has 0 aromatic rings. The molecule has 1 atom stereocenters. The highest BCUT2D eigenvalue weighted by Crippen LogP contribution is 2.13. The van der Waals surface area contributed by atoms with Crippen molar-refractivity contribution in [1.29, 1.82) is 0 Å². The summed E-state index contributed by atoms with van der Waals surface area (Å²) in [6, 6.07) is 0. The van der Waals surface area contributed by atoms with Crippen LogP contribution in [0.3, 0.4) is 0 Å². The molecular formula is C11H17ClO2. The molecule has 0 aromatic carbocycles. The van der Waals surface area contributed by atoms with Crippen LogP contribution in [0.4, 0.5) is 0 Å². The van der Waals surface area contributed by atoms with Gasteiger partial charge in [-0.3, -0.25) is 0 Å². The van der Waals surface area contributed by atoms with E-state index in [4.69, 9.17) is 21.1 Å². The Labute approximate surface area is 90.9 Å². The van der Waals surface area contributed by atoms with Crippen molar-refractivity contribution in [3.8, 4) is 11.8 Å². The van der Waals surface area contributed by atoms with Crippen molar-refractivity contribution in [3.63, 3.8) is 0 Å². The SMILES string of the molecule is ClCC#CCCCOC1CCCCO1. The lowest BCUT2D eigenvalue weighted by Crippen LogP contribution is -2.22. The van der Waals surface area contributed by atoms with Gasteiger partial charge in [0.25, 0.3) is 0 Å². The molecule has 0 amide bonds. The topological polar surface area (TPSA) is 18.5 Å². The molecule has 1 aliphatic heterocycles. The van der Waals surface area contributed by atoms with Gasteiger partial charge in [-0.05, 0) is 25.7 Å². The van der Waals surface area contributed by atoms with Gasteiger partial charge >= 0.3 is 0 Å². The van der Waals surface area contributed by atoms with Gasteiger partial charge < -0.3 is 9.47 Å². The molecule has 0 radical (unpaired) electrons. The quantitative estimate of drug-likeness (QED) is 0.409. The van der Waals surface area contributed by atoms with Gasteiger partial charge in [0.05, 0.1) is 12.5 Å². The summed E-state index contributed by atoms with van der Waals surface area (Å²) in [6.45, 7) is 1.58. The van der Waals surface area contributed by atoms with Crippen molar-refractivity contribution in [2.75, 3.05) is 19.1 Å². The first-order chi connectivity index (χ1) is 6.93. The summed E-state index contributed by atoms with van der Waals surface area (Å²) >= 11 is 5.41. The molecule has 1 saturated heterocycles. The van der Waals surface area contributed by atoms with Crippen molar-refractivity contribution in [1.82, 2.24) is 0 Å². The lowest BCUT2D eigenvalue weighted by atomic mass is 10.2. The predicted octanol–water partition coefficient (Wildman–Crippen LogP) is 2.55. The molecule has 0 aliphatic carbocycles. The number of alkyl halides is 1. The molecule has 1 rings (SSSR count). The average molecular weight is 217 g/mol. The van der Waals surface area contributed by atoms with Gasteiger partial charge in [-0.2, -0.15) is 0 Å². The van der Waals surface area contributed by atoms with Crippen LogP contribution in [0, 0.1) is 11.8 Å². The second kappa shape index (κ2) is 8.11. The Hall–Kier alpha value is -0.230. The maximum atomic E-state index is 5.54. The highest BCUT2D eigenvalue weighted by atomic mass is 35.5. The molecule has 0 aromatic heterocycles. The maximum Gasteiger partial charge on any atom is 0.157 e. The minimum absolute atomic E-state index is 0.0322. The number of ether oxygens (including phenoxy) is 2. The number of hydrogen-bond acceptors (Lipinski definition) is 2. The summed E-state index contributed by atoms with van der Waals surface area (Å²) in [5.74, 6) is 6.21. The van der Waals surface area contributed by atoms with Gasteiger partial charge in [0.1, 0.15) is 0 Å². The van der Waals surface area contributed by atoms with Crippen molar-refractivity contribution < 1.29 is 9.47 Å². The highest BCUT2D eigenvalue weighted by Gasteiger charge is 2.12. The Morgan fingerprint density at radius 1 is 1.36 bits per heavy atom. The van der Waals surface area contributed by atoms with E-state index in [1.54, 1.807) is 0 Å². The maximum absolute atomic E-state index is 5.54. The Kier molecular flexibility index (Phi) is 6.86. The van der Waals surface area contributed by atoms with E-state index in [1.807, 2.05) is 0 Å². The van der Waals surface area contributed by atoms with Crippen LogP contribution in [0.15, 0.2) is 0 Å². The first-order valence-electron chi connectivity index (χ1n) is 5.18. The number of halogens is 1. The van der Waals surface area contributed by atoms with E-state index < -0.39 is 0 Å². The fourth-order valence-corrected chi connectivity index (χ4v) is 1.45. The molecule has 2 nitrogen and oxygen atoms in total. The summed E-state index contributed by atoms with van der Waals surface area (Å²) in [5.41, 5.74) is 0. The smallest absolute Gasteiger partial charge is 0.157 e. The minimum Gasteiger partial charge on any atom is -0.353 e. The van der Waals surface area contributed by atoms with E-state index in [9.17, 15) is 0 Å². The van der Waals surface area contributed by atoms with E-state index in [0.717, 1.165) is 32.5 Å². The van der Waals surface area contributed by atoms with Gasteiger partial charge in [-0.25, -0.2) is 0 Å². The van der Waals surface area contributed by atoms with Crippen LogP contribution in [0.1, 0.15) is 32.1 Å². The number of unbranched alkanes of at least 4 members (excludes halogenated alkanes) is 1. The molecule has 80 valence electrons. The Morgan fingerprint density at radius 2 is 2.29 bits per heavy atom.